The third-order valence-electron chi connectivity index (χ3n) is 3.85. The zero-order valence-corrected chi connectivity index (χ0v) is 12.0. The van der Waals surface area contributed by atoms with Gasteiger partial charge in [-0.25, -0.2) is 0 Å². The van der Waals surface area contributed by atoms with Crippen LogP contribution in [0.1, 0.15) is 24.8 Å². The molecule has 0 aromatic heterocycles. The van der Waals surface area contributed by atoms with Crippen molar-refractivity contribution in [2.75, 3.05) is 7.11 Å². The van der Waals surface area contributed by atoms with Gasteiger partial charge in [0.25, 0.3) is 0 Å². The van der Waals surface area contributed by atoms with Crippen molar-refractivity contribution < 1.29 is 9.53 Å². The summed E-state index contributed by atoms with van der Waals surface area (Å²) in [7, 11) is 1.39. The minimum Gasteiger partial charge on any atom is -0.469 e. The molecular weight excluding hydrogens is 278 g/mol. The molecule has 1 aromatic rings. The Hall–Kier alpha value is -1.71. The first kappa shape index (κ1) is 14.7. The van der Waals surface area contributed by atoms with Crippen LogP contribution in [0.25, 0.3) is 10.4 Å². The first-order valence-electron chi connectivity index (χ1n) is 6.47. The minimum atomic E-state index is -0.613. The molecule has 106 valence electrons. The van der Waals surface area contributed by atoms with Crippen LogP contribution >= 0.6 is 11.6 Å². The van der Waals surface area contributed by atoms with Crippen LogP contribution in [0.5, 0.6) is 0 Å². The number of ether oxygens (including phenoxy) is 1. The van der Waals surface area contributed by atoms with Gasteiger partial charge < -0.3 is 4.74 Å². The maximum absolute atomic E-state index is 12.2. The van der Waals surface area contributed by atoms with Gasteiger partial charge in [-0.2, -0.15) is 0 Å². The van der Waals surface area contributed by atoms with Crippen LogP contribution in [0, 0.1) is 5.41 Å². The molecule has 1 aliphatic carbocycles. The van der Waals surface area contributed by atoms with E-state index in [2.05, 4.69) is 10.0 Å². The van der Waals surface area contributed by atoms with E-state index in [9.17, 15) is 4.79 Å². The van der Waals surface area contributed by atoms with E-state index in [1.165, 1.54) is 7.11 Å². The fourth-order valence-electron chi connectivity index (χ4n) is 2.94. The third-order valence-corrected chi connectivity index (χ3v) is 4.08. The van der Waals surface area contributed by atoms with E-state index in [4.69, 9.17) is 21.9 Å². The topological polar surface area (TPSA) is 75.1 Å². The summed E-state index contributed by atoms with van der Waals surface area (Å²) in [6.45, 7) is 0. The molecule has 0 saturated heterocycles. The predicted molar refractivity (Wildman–Crippen MR) is 76.4 cm³/mol. The molecule has 0 heterocycles. The molecule has 2 rings (SSSR count). The second-order valence-corrected chi connectivity index (χ2v) is 5.62. The molecule has 0 spiro atoms. The van der Waals surface area contributed by atoms with Crippen molar-refractivity contribution in [1.29, 1.82) is 0 Å². The normalized spacial score (nSPS) is 25.0. The van der Waals surface area contributed by atoms with E-state index in [1.54, 1.807) is 6.07 Å². The average Bonchev–Trinajstić information content (AvgIpc) is 2.82. The van der Waals surface area contributed by atoms with Gasteiger partial charge in [0.05, 0.1) is 12.5 Å². The molecule has 0 radical (unpaired) electrons. The van der Waals surface area contributed by atoms with Gasteiger partial charge in [-0.15, -0.1) is 0 Å². The Morgan fingerprint density at radius 3 is 3.10 bits per heavy atom. The Kier molecular flexibility index (Phi) is 4.53. The standard InChI is InChI=1S/C14H16ClN3O2/c1-20-13(19)14(6-5-12(9-14)17-18-16)8-10-3-2-4-11(15)7-10/h2-4,7,12H,5-6,8-9H2,1H3/t12-,14+/m0/s1. The number of carbonyl (C=O) groups excluding carboxylic acids is 1. The molecular formula is C14H16ClN3O2. The summed E-state index contributed by atoms with van der Waals surface area (Å²) >= 11 is 5.98. The van der Waals surface area contributed by atoms with Gasteiger partial charge in [0.1, 0.15) is 0 Å². The Morgan fingerprint density at radius 2 is 2.45 bits per heavy atom. The Labute approximate surface area is 122 Å². The SMILES string of the molecule is COC(=O)[C@@]1(Cc2cccc(Cl)c2)CC[C@H](N=[N+]=[N-])C1. The highest BCUT2D eigenvalue weighted by Gasteiger charge is 2.46. The average molecular weight is 294 g/mol. The monoisotopic (exact) mass is 293 g/mol. The van der Waals surface area contributed by atoms with Gasteiger partial charge in [0, 0.05) is 16.0 Å². The van der Waals surface area contributed by atoms with E-state index in [0.717, 1.165) is 5.56 Å². The number of methoxy groups -OCH3 is 1. The van der Waals surface area contributed by atoms with Crippen molar-refractivity contribution in [2.45, 2.75) is 31.7 Å². The predicted octanol–water partition coefficient (Wildman–Crippen LogP) is 3.90. The molecule has 0 N–H and O–H groups in total. The van der Waals surface area contributed by atoms with Crippen molar-refractivity contribution in [1.82, 2.24) is 0 Å². The number of benzene rings is 1. The van der Waals surface area contributed by atoms with Crippen molar-refractivity contribution >= 4 is 17.6 Å². The van der Waals surface area contributed by atoms with Crippen molar-refractivity contribution in [2.24, 2.45) is 10.5 Å². The first-order valence-corrected chi connectivity index (χ1v) is 6.84. The molecule has 1 aromatic carbocycles. The maximum atomic E-state index is 12.2. The fraction of sp³-hybridized carbons (Fsp3) is 0.500. The number of halogens is 1. The molecule has 2 atom stereocenters. The molecule has 1 fully saturated rings. The fourth-order valence-corrected chi connectivity index (χ4v) is 3.15. The van der Waals surface area contributed by atoms with Gasteiger partial charge >= 0.3 is 5.97 Å². The first-order chi connectivity index (χ1) is 9.59. The molecule has 0 bridgehead atoms. The van der Waals surface area contributed by atoms with E-state index < -0.39 is 5.41 Å². The van der Waals surface area contributed by atoms with Gasteiger partial charge in [-0.05, 0) is 48.9 Å². The number of hydrogen-bond acceptors (Lipinski definition) is 3. The summed E-state index contributed by atoms with van der Waals surface area (Å²) in [5.41, 5.74) is 8.92. The minimum absolute atomic E-state index is 0.140. The maximum Gasteiger partial charge on any atom is 0.312 e. The van der Waals surface area contributed by atoms with Gasteiger partial charge in [0.15, 0.2) is 0 Å². The smallest absolute Gasteiger partial charge is 0.312 e. The number of nitrogens with zero attached hydrogens (tertiary/aromatic N) is 3. The van der Waals surface area contributed by atoms with Crippen molar-refractivity contribution in [3.63, 3.8) is 0 Å². The number of hydrogen-bond donors (Lipinski definition) is 0. The second-order valence-electron chi connectivity index (χ2n) is 5.18. The summed E-state index contributed by atoms with van der Waals surface area (Å²) in [6.07, 6.45) is 2.45. The number of rotatable bonds is 4. The molecule has 1 aliphatic rings. The van der Waals surface area contributed by atoms with Crippen LogP contribution in [0.4, 0.5) is 0 Å². The lowest BCUT2D eigenvalue weighted by Gasteiger charge is -2.26. The van der Waals surface area contributed by atoms with E-state index >= 15 is 0 Å². The van der Waals surface area contributed by atoms with Crippen LogP contribution in [0.3, 0.4) is 0 Å². The molecule has 0 amide bonds. The Bertz CT molecular complexity index is 557. The van der Waals surface area contributed by atoms with Crippen molar-refractivity contribution in [3.05, 3.63) is 45.3 Å². The van der Waals surface area contributed by atoms with Crippen LogP contribution < -0.4 is 0 Å². The summed E-state index contributed by atoms with van der Waals surface area (Å²) < 4.78 is 4.96. The van der Waals surface area contributed by atoms with Crippen LogP contribution in [-0.2, 0) is 16.0 Å². The lowest BCUT2D eigenvalue weighted by atomic mass is 9.80. The summed E-state index contributed by atoms with van der Waals surface area (Å²) in [4.78, 5) is 15.0. The number of esters is 1. The quantitative estimate of drug-likeness (QED) is 0.365. The zero-order valence-electron chi connectivity index (χ0n) is 11.3. The highest BCUT2D eigenvalue weighted by molar-refractivity contribution is 6.30. The summed E-state index contributed by atoms with van der Waals surface area (Å²) in [5.74, 6) is -0.242. The summed E-state index contributed by atoms with van der Waals surface area (Å²) in [5, 5.41) is 4.39. The van der Waals surface area contributed by atoms with Crippen molar-refractivity contribution in [3.8, 4) is 0 Å². The largest absolute Gasteiger partial charge is 0.469 e. The Balaban J connectivity index is 2.25. The molecule has 6 heteroatoms. The molecule has 5 nitrogen and oxygen atoms in total. The van der Waals surface area contributed by atoms with Crippen LogP contribution in [0.15, 0.2) is 29.4 Å². The third kappa shape index (κ3) is 3.06. The van der Waals surface area contributed by atoms with Crippen LogP contribution in [-0.4, -0.2) is 19.1 Å². The van der Waals surface area contributed by atoms with E-state index in [1.807, 2.05) is 18.2 Å². The highest BCUT2D eigenvalue weighted by Crippen LogP contribution is 2.43. The lowest BCUT2D eigenvalue weighted by molar-refractivity contribution is -0.152. The Morgan fingerprint density at radius 1 is 1.65 bits per heavy atom. The van der Waals surface area contributed by atoms with Gasteiger partial charge in [0.2, 0.25) is 0 Å². The lowest BCUT2D eigenvalue weighted by Crippen LogP contribution is -2.32. The second kappa shape index (κ2) is 6.16. The zero-order chi connectivity index (χ0) is 14.6. The molecule has 20 heavy (non-hydrogen) atoms. The highest BCUT2D eigenvalue weighted by atomic mass is 35.5. The van der Waals surface area contributed by atoms with Gasteiger partial charge in [-0.3, -0.25) is 4.79 Å². The number of carbonyl (C=O) groups is 1. The van der Waals surface area contributed by atoms with E-state index in [0.29, 0.717) is 30.7 Å². The van der Waals surface area contributed by atoms with E-state index in [-0.39, 0.29) is 12.0 Å². The molecule has 0 unspecified atom stereocenters. The molecule has 1 saturated carbocycles. The molecule has 0 aliphatic heterocycles. The summed E-state index contributed by atoms with van der Waals surface area (Å²) in [6, 6.07) is 7.32. The van der Waals surface area contributed by atoms with Crippen LogP contribution in [0.2, 0.25) is 5.02 Å². The number of azide groups is 1. The van der Waals surface area contributed by atoms with Gasteiger partial charge in [-0.1, -0.05) is 28.8 Å².